The lowest BCUT2D eigenvalue weighted by molar-refractivity contribution is -0.143. The highest BCUT2D eigenvalue weighted by Gasteiger charge is 2.49. The normalized spacial score (nSPS) is 24.2. The van der Waals surface area contributed by atoms with Gasteiger partial charge in [0, 0.05) is 0 Å². The van der Waals surface area contributed by atoms with Gasteiger partial charge in [0.15, 0.2) is 23.1 Å². The first-order valence-corrected chi connectivity index (χ1v) is 10.8. The SMILES string of the molecule is N#CC1(c2nc(-c3[nH]nc4ncc(F)cc34)nc(N)c2F)CC1.O=C(O)C1CC2CCC1C2. The van der Waals surface area contributed by atoms with Gasteiger partial charge < -0.3 is 10.8 Å². The van der Waals surface area contributed by atoms with Gasteiger partial charge >= 0.3 is 5.97 Å². The van der Waals surface area contributed by atoms with Crippen molar-refractivity contribution in [3.05, 3.63) is 29.6 Å². The van der Waals surface area contributed by atoms with Crippen LogP contribution in [-0.4, -0.2) is 36.2 Å². The Morgan fingerprint density at radius 2 is 2.06 bits per heavy atom. The number of aromatic amines is 1. The van der Waals surface area contributed by atoms with Gasteiger partial charge in [0.05, 0.1) is 23.6 Å². The minimum Gasteiger partial charge on any atom is -0.481 e. The first kappa shape index (κ1) is 21.2. The van der Waals surface area contributed by atoms with E-state index in [1.165, 1.54) is 25.3 Å². The van der Waals surface area contributed by atoms with Gasteiger partial charge in [-0.2, -0.15) is 10.4 Å². The topological polar surface area (TPSA) is 154 Å². The summed E-state index contributed by atoms with van der Waals surface area (Å²) in [5.74, 6) is -0.916. The summed E-state index contributed by atoms with van der Waals surface area (Å²) in [7, 11) is 0. The maximum atomic E-state index is 14.2. The standard InChI is InChI=1S/C14H9F2N7.C8H12O2/c15-6-3-7-9(22-23-12(7)19-4-6)13-20-10(8(16)11(18)21-13)14(5-17)1-2-14;9-8(10)7-4-5-1-2-6(7)3-5/h3-4H,1-2H2,(H2,18,20,21)(H,19,22,23);5-7H,1-4H2,(H,9,10). The van der Waals surface area contributed by atoms with Crippen LogP contribution in [0.25, 0.3) is 22.6 Å². The van der Waals surface area contributed by atoms with Crippen LogP contribution in [0.5, 0.6) is 0 Å². The molecule has 11 heteroatoms. The molecule has 3 aromatic rings. The fourth-order valence-electron chi connectivity index (χ4n) is 5.01. The Kier molecular flexibility index (Phi) is 4.96. The van der Waals surface area contributed by atoms with Crippen LogP contribution in [0.15, 0.2) is 12.3 Å². The van der Waals surface area contributed by atoms with E-state index in [-0.39, 0.29) is 34.6 Å². The molecule has 3 unspecified atom stereocenters. The van der Waals surface area contributed by atoms with Gasteiger partial charge in [-0.05, 0) is 50.0 Å². The van der Waals surface area contributed by atoms with Gasteiger partial charge in [0.25, 0.3) is 0 Å². The van der Waals surface area contributed by atoms with E-state index in [0.29, 0.717) is 24.1 Å². The Morgan fingerprint density at radius 1 is 1.27 bits per heavy atom. The highest BCUT2D eigenvalue weighted by atomic mass is 19.1. The average Bonchev–Trinajstić information content (AvgIpc) is 3.12. The maximum absolute atomic E-state index is 14.2. The number of carbonyl (C=O) groups is 1. The van der Waals surface area contributed by atoms with Gasteiger partial charge in [-0.15, -0.1) is 0 Å². The van der Waals surface area contributed by atoms with E-state index in [0.717, 1.165) is 18.5 Å². The lowest BCUT2D eigenvalue weighted by Crippen LogP contribution is -2.19. The van der Waals surface area contributed by atoms with Crippen molar-refractivity contribution in [1.82, 2.24) is 25.1 Å². The molecule has 3 aromatic heterocycles. The van der Waals surface area contributed by atoms with Crippen LogP contribution in [0.3, 0.4) is 0 Å². The monoisotopic (exact) mass is 453 g/mol. The van der Waals surface area contributed by atoms with E-state index in [1.54, 1.807) is 0 Å². The fraction of sp³-hybridized carbons (Fsp3) is 0.455. The number of halogens is 2. The van der Waals surface area contributed by atoms with Gasteiger partial charge in [-0.25, -0.2) is 23.7 Å². The molecular formula is C22H21F2N7O2. The van der Waals surface area contributed by atoms with Crippen molar-refractivity contribution in [3.8, 4) is 17.6 Å². The van der Waals surface area contributed by atoms with E-state index in [9.17, 15) is 18.8 Å². The molecule has 4 N–H and O–H groups in total. The quantitative estimate of drug-likeness (QED) is 0.545. The summed E-state index contributed by atoms with van der Waals surface area (Å²) in [6, 6.07) is 3.29. The van der Waals surface area contributed by atoms with E-state index < -0.39 is 23.0 Å². The third kappa shape index (κ3) is 3.65. The molecule has 0 amide bonds. The largest absolute Gasteiger partial charge is 0.481 e. The minimum atomic E-state index is -0.963. The Bertz CT molecular complexity index is 1300. The molecule has 0 spiro atoms. The summed E-state index contributed by atoms with van der Waals surface area (Å²) in [5, 5.41) is 24.9. The van der Waals surface area contributed by atoms with Crippen LogP contribution in [0.1, 0.15) is 44.2 Å². The molecule has 0 aromatic carbocycles. The number of aliphatic carboxylic acids is 1. The number of H-pyrrole nitrogens is 1. The Morgan fingerprint density at radius 3 is 2.64 bits per heavy atom. The number of nitriles is 1. The molecule has 170 valence electrons. The summed E-state index contributed by atoms with van der Waals surface area (Å²) in [6.07, 6.45) is 6.66. The molecule has 0 saturated heterocycles. The van der Waals surface area contributed by atoms with Crippen LogP contribution in [0, 0.1) is 40.7 Å². The van der Waals surface area contributed by atoms with Gasteiger partial charge in [-0.1, -0.05) is 6.42 Å². The van der Waals surface area contributed by atoms with Crippen molar-refractivity contribution in [2.75, 3.05) is 5.73 Å². The number of hydrogen-bond donors (Lipinski definition) is 3. The highest BCUT2D eigenvalue weighted by molar-refractivity contribution is 5.88. The molecule has 33 heavy (non-hydrogen) atoms. The smallest absolute Gasteiger partial charge is 0.306 e. The number of carboxylic acid groups (broad SMARTS) is 1. The van der Waals surface area contributed by atoms with Crippen molar-refractivity contribution >= 4 is 22.8 Å². The summed E-state index contributed by atoms with van der Waals surface area (Å²) in [4.78, 5) is 22.5. The number of nitrogens with one attached hydrogen (secondary N) is 1. The zero-order chi connectivity index (χ0) is 23.3. The molecule has 0 aliphatic heterocycles. The van der Waals surface area contributed by atoms with E-state index in [2.05, 4.69) is 31.2 Å². The third-order valence-corrected chi connectivity index (χ3v) is 6.95. The number of hydrogen-bond acceptors (Lipinski definition) is 7. The predicted octanol–water partition coefficient (Wildman–Crippen LogP) is 3.34. The number of anilines is 1. The molecular weight excluding hydrogens is 432 g/mol. The lowest BCUT2D eigenvalue weighted by Gasteiger charge is -2.16. The van der Waals surface area contributed by atoms with Crippen molar-refractivity contribution in [3.63, 3.8) is 0 Å². The molecule has 3 heterocycles. The summed E-state index contributed by atoms with van der Waals surface area (Å²) < 4.78 is 27.6. The van der Waals surface area contributed by atoms with Crippen molar-refractivity contribution in [2.45, 2.75) is 43.9 Å². The second-order valence-corrected chi connectivity index (χ2v) is 9.03. The van der Waals surface area contributed by atoms with Crippen molar-refractivity contribution in [1.29, 1.82) is 5.26 Å². The van der Waals surface area contributed by atoms with Gasteiger partial charge in [0.1, 0.15) is 22.6 Å². The van der Waals surface area contributed by atoms with Gasteiger partial charge in [0.2, 0.25) is 0 Å². The number of pyridine rings is 1. The third-order valence-electron chi connectivity index (χ3n) is 6.95. The summed E-state index contributed by atoms with van der Waals surface area (Å²) >= 11 is 0. The number of nitrogens with zero attached hydrogens (tertiary/aromatic N) is 5. The van der Waals surface area contributed by atoms with E-state index in [4.69, 9.17) is 10.8 Å². The number of nitrogens with two attached hydrogens (primary N) is 1. The summed E-state index contributed by atoms with van der Waals surface area (Å²) in [5.41, 5.74) is 5.17. The van der Waals surface area contributed by atoms with Gasteiger partial charge in [-0.3, -0.25) is 9.89 Å². The highest BCUT2D eigenvalue weighted by Crippen LogP contribution is 2.49. The van der Waals surface area contributed by atoms with E-state index >= 15 is 0 Å². The Balaban J connectivity index is 0.000000190. The maximum Gasteiger partial charge on any atom is 0.306 e. The first-order chi connectivity index (χ1) is 15.8. The zero-order valence-corrected chi connectivity index (χ0v) is 17.6. The zero-order valence-electron chi connectivity index (χ0n) is 17.6. The number of aromatic nitrogens is 5. The molecule has 3 aliphatic rings. The van der Waals surface area contributed by atoms with Crippen molar-refractivity contribution in [2.24, 2.45) is 17.8 Å². The molecule has 3 fully saturated rings. The minimum absolute atomic E-state index is 0.0127. The number of rotatable bonds is 3. The van der Waals surface area contributed by atoms with Crippen LogP contribution >= 0.6 is 0 Å². The summed E-state index contributed by atoms with van der Waals surface area (Å²) in [6.45, 7) is 0. The molecule has 3 aliphatic carbocycles. The molecule has 0 radical (unpaired) electrons. The second kappa shape index (κ2) is 7.72. The molecule has 2 bridgehead atoms. The lowest BCUT2D eigenvalue weighted by atomic mass is 9.89. The molecule has 9 nitrogen and oxygen atoms in total. The van der Waals surface area contributed by atoms with Crippen LogP contribution in [0.2, 0.25) is 0 Å². The van der Waals surface area contributed by atoms with Crippen LogP contribution in [0.4, 0.5) is 14.6 Å². The van der Waals surface area contributed by atoms with Crippen molar-refractivity contribution < 1.29 is 18.7 Å². The number of carboxylic acids is 1. The number of fused-ring (bicyclic) bond motifs is 3. The number of nitrogen functional groups attached to an aromatic ring is 1. The average molecular weight is 453 g/mol. The molecule has 3 atom stereocenters. The van der Waals surface area contributed by atoms with Crippen LogP contribution < -0.4 is 5.73 Å². The Hall–Kier alpha value is -3.68. The molecule has 6 rings (SSSR count). The predicted molar refractivity (Wildman–Crippen MR) is 112 cm³/mol. The first-order valence-electron chi connectivity index (χ1n) is 10.8. The molecule has 3 saturated carbocycles. The second-order valence-electron chi connectivity index (χ2n) is 9.03. The fourth-order valence-corrected chi connectivity index (χ4v) is 5.01. The Labute approximate surface area is 187 Å². The van der Waals surface area contributed by atoms with E-state index in [1.807, 2.05) is 0 Å². The van der Waals surface area contributed by atoms with Crippen LogP contribution in [-0.2, 0) is 10.2 Å².